The molecule has 1 aromatic carbocycles. The number of nitrogens with one attached hydrogen (secondary N) is 1. The Kier molecular flexibility index (Phi) is 8.07. The first-order chi connectivity index (χ1) is 14.2. The van der Waals surface area contributed by atoms with Gasteiger partial charge in [0.05, 0.1) is 7.11 Å². The molecule has 0 spiro atoms. The number of ether oxygens (including phenoxy) is 1. The van der Waals surface area contributed by atoms with E-state index < -0.39 is 0 Å². The van der Waals surface area contributed by atoms with E-state index in [1.165, 1.54) is 4.88 Å². The number of methoxy groups -OCH3 is 1. The van der Waals surface area contributed by atoms with E-state index in [1.54, 1.807) is 42.7 Å². The molecule has 1 aliphatic rings. The normalized spacial score (nSPS) is 14.6. The van der Waals surface area contributed by atoms with Gasteiger partial charge in [0, 0.05) is 56.1 Å². The van der Waals surface area contributed by atoms with Gasteiger partial charge in [0.1, 0.15) is 5.75 Å². The van der Waals surface area contributed by atoms with Gasteiger partial charge in [-0.3, -0.25) is 14.5 Å². The van der Waals surface area contributed by atoms with E-state index in [2.05, 4.69) is 27.7 Å². The van der Waals surface area contributed by atoms with Crippen molar-refractivity contribution in [1.82, 2.24) is 15.1 Å². The number of thiophene rings is 1. The van der Waals surface area contributed by atoms with E-state index in [4.69, 9.17) is 4.74 Å². The Morgan fingerprint density at radius 3 is 2.52 bits per heavy atom. The van der Waals surface area contributed by atoms with Crippen LogP contribution in [0.4, 0.5) is 0 Å². The van der Waals surface area contributed by atoms with Crippen LogP contribution < -0.4 is 10.1 Å². The van der Waals surface area contributed by atoms with E-state index >= 15 is 0 Å². The minimum absolute atomic E-state index is 0.0767. The first kappa shape index (κ1) is 21.3. The lowest BCUT2D eigenvalue weighted by Gasteiger charge is -2.34. The van der Waals surface area contributed by atoms with Crippen molar-refractivity contribution >= 4 is 23.2 Å². The van der Waals surface area contributed by atoms with E-state index in [9.17, 15) is 9.59 Å². The molecule has 7 heteroatoms. The van der Waals surface area contributed by atoms with Crippen molar-refractivity contribution in [3.63, 3.8) is 0 Å². The fourth-order valence-electron chi connectivity index (χ4n) is 3.42. The summed E-state index contributed by atoms with van der Waals surface area (Å²) in [6, 6.07) is 11.3. The van der Waals surface area contributed by atoms with Gasteiger partial charge in [0.15, 0.2) is 0 Å². The van der Waals surface area contributed by atoms with Gasteiger partial charge >= 0.3 is 0 Å². The van der Waals surface area contributed by atoms with Crippen molar-refractivity contribution in [1.29, 1.82) is 0 Å². The highest BCUT2D eigenvalue weighted by Crippen LogP contribution is 2.13. The number of benzene rings is 1. The molecule has 0 bridgehead atoms. The second-order valence-corrected chi connectivity index (χ2v) is 8.17. The molecule has 6 nitrogen and oxygen atoms in total. The Morgan fingerprint density at radius 1 is 1.10 bits per heavy atom. The smallest absolute Gasteiger partial charge is 0.251 e. The van der Waals surface area contributed by atoms with Crippen LogP contribution in [-0.4, -0.2) is 68.0 Å². The lowest BCUT2D eigenvalue weighted by Crippen LogP contribution is -2.50. The van der Waals surface area contributed by atoms with Gasteiger partial charge in [-0.25, -0.2) is 0 Å². The zero-order valence-corrected chi connectivity index (χ0v) is 17.7. The number of nitrogens with zero attached hydrogens (tertiary/aromatic N) is 2. The van der Waals surface area contributed by atoms with Crippen LogP contribution in [0.15, 0.2) is 41.8 Å². The van der Waals surface area contributed by atoms with Crippen molar-refractivity contribution in [2.24, 2.45) is 0 Å². The molecule has 2 amide bonds. The molecule has 0 saturated carbocycles. The molecule has 29 heavy (non-hydrogen) atoms. The lowest BCUT2D eigenvalue weighted by atomic mass is 10.2. The number of carbonyl (C=O) groups excluding carboxylic acids is 2. The summed E-state index contributed by atoms with van der Waals surface area (Å²) in [7, 11) is 1.60. The summed E-state index contributed by atoms with van der Waals surface area (Å²) in [6.45, 7) is 4.64. The Bertz CT molecular complexity index is 769. The third-order valence-corrected chi connectivity index (χ3v) is 6.12. The predicted octanol–water partition coefficient (Wildman–Crippen LogP) is 2.65. The van der Waals surface area contributed by atoms with Crippen LogP contribution in [0.2, 0.25) is 0 Å². The zero-order valence-electron chi connectivity index (χ0n) is 16.9. The molecule has 2 aromatic rings. The maximum Gasteiger partial charge on any atom is 0.251 e. The van der Waals surface area contributed by atoms with E-state index in [1.807, 2.05) is 4.90 Å². The molecular weight excluding hydrogens is 386 g/mol. The van der Waals surface area contributed by atoms with Crippen molar-refractivity contribution in [3.05, 3.63) is 52.2 Å². The highest BCUT2D eigenvalue weighted by Gasteiger charge is 2.20. The topological polar surface area (TPSA) is 61.9 Å². The number of carbonyl (C=O) groups is 2. The molecule has 1 fully saturated rings. The van der Waals surface area contributed by atoms with E-state index in [-0.39, 0.29) is 11.8 Å². The van der Waals surface area contributed by atoms with Crippen molar-refractivity contribution in [3.8, 4) is 5.75 Å². The maximum atomic E-state index is 12.4. The van der Waals surface area contributed by atoms with E-state index in [0.29, 0.717) is 18.5 Å². The van der Waals surface area contributed by atoms with Gasteiger partial charge in [-0.1, -0.05) is 6.07 Å². The van der Waals surface area contributed by atoms with Crippen LogP contribution in [-0.2, 0) is 11.2 Å². The summed E-state index contributed by atoms with van der Waals surface area (Å²) in [5.74, 6) is 0.918. The first-order valence-corrected chi connectivity index (χ1v) is 11.0. The molecular formula is C22H29N3O3S. The van der Waals surface area contributed by atoms with Crippen LogP contribution in [0.25, 0.3) is 0 Å². The van der Waals surface area contributed by atoms with Gasteiger partial charge in [0.2, 0.25) is 5.91 Å². The standard InChI is InChI=1S/C22H29N3O3S/c1-28-19-9-7-18(8-10-19)22(27)23-11-12-24-13-15-25(16-14-24)21(26)6-2-4-20-5-3-17-29-20/h3,5,7-10,17H,2,4,6,11-16H2,1H3,(H,23,27). The second kappa shape index (κ2) is 11.0. The predicted molar refractivity (Wildman–Crippen MR) is 116 cm³/mol. The van der Waals surface area contributed by atoms with Crippen LogP contribution >= 0.6 is 11.3 Å². The third kappa shape index (κ3) is 6.58. The SMILES string of the molecule is COc1ccc(C(=O)NCCN2CCN(C(=O)CCCc3cccs3)CC2)cc1. The largest absolute Gasteiger partial charge is 0.497 e. The van der Waals surface area contributed by atoms with Gasteiger partial charge in [-0.2, -0.15) is 0 Å². The van der Waals surface area contributed by atoms with Crippen LogP contribution in [0, 0.1) is 0 Å². The van der Waals surface area contributed by atoms with Crippen LogP contribution in [0.5, 0.6) is 5.75 Å². The Hall–Kier alpha value is -2.38. The zero-order chi connectivity index (χ0) is 20.5. The summed E-state index contributed by atoms with van der Waals surface area (Å²) < 4.78 is 5.11. The summed E-state index contributed by atoms with van der Waals surface area (Å²) in [5.41, 5.74) is 0.628. The summed E-state index contributed by atoms with van der Waals surface area (Å²) in [6.07, 6.45) is 2.52. The fourth-order valence-corrected chi connectivity index (χ4v) is 4.17. The van der Waals surface area contributed by atoms with Gasteiger partial charge in [-0.15, -0.1) is 11.3 Å². The van der Waals surface area contributed by atoms with Gasteiger partial charge in [-0.05, 0) is 48.6 Å². The summed E-state index contributed by atoms with van der Waals surface area (Å²) in [4.78, 5) is 30.2. The highest BCUT2D eigenvalue weighted by molar-refractivity contribution is 7.09. The number of amides is 2. The van der Waals surface area contributed by atoms with Crippen LogP contribution in [0.1, 0.15) is 28.1 Å². The molecule has 0 atom stereocenters. The monoisotopic (exact) mass is 415 g/mol. The number of piperazine rings is 1. The molecule has 0 aliphatic carbocycles. The average molecular weight is 416 g/mol. The Morgan fingerprint density at radius 2 is 1.86 bits per heavy atom. The number of hydrogen-bond donors (Lipinski definition) is 1. The quantitative estimate of drug-likeness (QED) is 0.684. The van der Waals surface area contributed by atoms with Crippen molar-refractivity contribution in [2.45, 2.75) is 19.3 Å². The molecule has 156 valence electrons. The van der Waals surface area contributed by atoms with Gasteiger partial charge < -0.3 is 15.0 Å². The maximum absolute atomic E-state index is 12.4. The molecule has 3 rings (SSSR count). The molecule has 1 saturated heterocycles. The average Bonchev–Trinajstić information content (AvgIpc) is 3.27. The minimum Gasteiger partial charge on any atom is -0.497 e. The van der Waals surface area contributed by atoms with Crippen molar-refractivity contribution < 1.29 is 14.3 Å². The lowest BCUT2D eigenvalue weighted by molar-refractivity contribution is -0.133. The van der Waals surface area contributed by atoms with Crippen LogP contribution in [0.3, 0.4) is 0 Å². The minimum atomic E-state index is -0.0767. The Labute approximate surface area is 176 Å². The summed E-state index contributed by atoms with van der Waals surface area (Å²) >= 11 is 1.75. The fraction of sp³-hybridized carbons (Fsp3) is 0.455. The second-order valence-electron chi connectivity index (χ2n) is 7.14. The van der Waals surface area contributed by atoms with Crippen molar-refractivity contribution in [2.75, 3.05) is 46.4 Å². The van der Waals surface area contributed by atoms with E-state index in [0.717, 1.165) is 51.3 Å². The first-order valence-electron chi connectivity index (χ1n) is 10.1. The van der Waals surface area contributed by atoms with Gasteiger partial charge in [0.25, 0.3) is 5.91 Å². The molecule has 0 unspecified atom stereocenters. The number of rotatable bonds is 9. The Balaban J connectivity index is 1.30. The number of hydrogen-bond acceptors (Lipinski definition) is 5. The third-order valence-electron chi connectivity index (χ3n) is 5.18. The highest BCUT2D eigenvalue weighted by atomic mass is 32.1. The molecule has 2 heterocycles. The molecule has 0 radical (unpaired) electrons. The molecule has 1 aliphatic heterocycles. The summed E-state index contributed by atoms with van der Waals surface area (Å²) in [5, 5.41) is 5.04. The molecule has 1 aromatic heterocycles. The number of aryl methyl sites for hydroxylation is 1. The molecule has 1 N–H and O–H groups in total.